The number of carbonyl (C=O) groups is 4. The maximum atomic E-state index is 11.0. The number of nitrogens with one attached hydrogen (secondary N) is 1. The molecule has 130 valence electrons. The van der Waals surface area contributed by atoms with E-state index in [0.717, 1.165) is 25.1 Å². The van der Waals surface area contributed by atoms with Gasteiger partial charge in [0.25, 0.3) is 6.10 Å². The van der Waals surface area contributed by atoms with Crippen LogP contribution >= 0.6 is 0 Å². The summed E-state index contributed by atoms with van der Waals surface area (Å²) in [5.41, 5.74) is 1.87. The van der Waals surface area contributed by atoms with Crippen molar-refractivity contribution in [1.29, 1.82) is 0 Å². The van der Waals surface area contributed by atoms with Gasteiger partial charge < -0.3 is 14.2 Å². The third-order valence-electron chi connectivity index (χ3n) is 2.77. The number of cyclic esters (lactones) is 1. The van der Waals surface area contributed by atoms with Crippen molar-refractivity contribution in [3.8, 4) is 0 Å². The van der Waals surface area contributed by atoms with Crippen molar-refractivity contribution in [3.05, 3.63) is 29.8 Å². The van der Waals surface area contributed by atoms with Crippen molar-refractivity contribution in [1.82, 2.24) is 0 Å². The van der Waals surface area contributed by atoms with Gasteiger partial charge in [0, 0.05) is 12.5 Å². The zero-order chi connectivity index (χ0) is 18.1. The van der Waals surface area contributed by atoms with Gasteiger partial charge in [-0.25, -0.2) is 9.59 Å². The lowest BCUT2D eigenvalue weighted by Gasteiger charge is -2.16. The fourth-order valence-electron chi connectivity index (χ4n) is 1.74. The van der Waals surface area contributed by atoms with Gasteiger partial charge >= 0.3 is 18.0 Å². The molecule has 0 fully saturated rings. The first-order valence-electron chi connectivity index (χ1n) is 7.21. The van der Waals surface area contributed by atoms with Crippen molar-refractivity contribution in [2.24, 2.45) is 0 Å². The summed E-state index contributed by atoms with van der Waals surface area (Å²) in [6.07, 6.45) is -1.79. The molecule has 1 aliphatic rings. The number of para-hydroxylation sites is 1. The predicted molar refractivity (Wildman–Crippen MR) is 83.1 cm³/mol. The Bertz CT molecular complexity index is 627. The lowest BCUT2D eigenvalue weighted by atomic mass is 10.2. The van der Waals surface area contributed by atoms with Crippen molar-refractivity contribution < 1.29 is 33.4 Å². The quantitative estimate of drug-likeness (QED) is 0.507. The Labute approximate surface area is 139 Å². The number of esters is 2. The summed E-state index contributed by atoms with van der Waals surface area (Å²) in [4.78, 5) is 43.0. The Morgan fingerprint density at radius 3 is 2.50 bits per heavy atom. The van der Waals surface area contributed by atoms with Gasteiger partial charge in [0.1, 0.15) is 6.61 Å². The van der Waals surface area contributed by atoms with Crippen molar-refractivity contribution in [3.63, 3.8) is 0 Å². The van der Waals surface area contributed by atoms with E-state index in [4.69, 9.17) is 4.74 Å². The number of fused-ring (bicyclic) bond motifs is 1. The molecule has 1 unspecified atom stereocenters. The van der Waals surface area contributed by atoms with Crippen LogP contribution in [0.5, 0.6) is 0 Å². The number of benzene rings is 1. The van der Waals surface area contributed by atoms with E-state index in [2.05, 4.69) is 14.8 Å². The molecule has 0 saturated heterocycles. The standard InChI is InChI=1S/C8H7NO2.C8H12O5/c10-8-9-7-4-2-1-3-6(7)5-11-8;1-4-12-8(11)7(5(2)9)13-6(3)10/h1-4H,5H2,(H,9,10);7H,4H2,1-3H3. The second-order valence-electron chi connectivity index (χ2n) is 4.71. The monoisotopic (exact) mass is 337 g/mol. The molecule has 24 heavy (non-hydrogen) atoms. The molecule has 2 rings (SSSR count). The average Bonchev–Trinajstić information content (AvgIpc) is 2.53. The van der Waals surface area contributed by atoms with Gasteiger partial charge in [0.15, 0.2) is 5.78 Å². The lowest BCUT2D eigenvalue weighted by Crippen LogP contribution is -2.34. The Morgan fingerprint density at radius 2 is 1.92 bits per heavy atom. The number of amides is 1. The smallest absolute Gasteiger partial charge is 0.411 e. The molecule has 1 atom stereocenters. The highest BCUT2D eigenvalue weighted by atomic mass is 16.6. The molecule has 8 heteroatoms. The highest BCUT2D eigenvalue weighted by Crippen LogP contribution is 2.19. The van der Waals surface area contributed by atoms with Gasteiger partial charge in [-0.15, -0.1) is 0 Å². The number of rotatable bonds is 4. The molecule has 1 amide bonds. The average molecular weight is 337 g/mol. The number of ether oxygens (including phenoxy) is 3. The van der Waals surface area contributed by atoms with Crippen LogP contribution in [0, 0.1) is 0 Å². The van der Waals surface area contributed by atoms with E-state index in [0.29, 0.717) is 6.61 Å². The van der Waals surface area contributed by atoms with Crippen LogP contribution in [0.3, 0.4) is 0 Å². The first-order chi connectivity index (χ1) is 11.3. The van der Waals surface area contributed by atoms with Crippen molar-refractivity contribution in [2.45, 2.75) is 33.5 Å². The fourth-order valence-corrected chi connectivity index (χ4v) is 1.74. The van der Waals surface area contributed by atoms with E-state index in [-0.39, 0.29) is 12.7 Å². The summed E-state index contributed by atoms with van der Waals surface area (Å²) in [6.45, 7) is 4.40. The molecule has 1 aromatic rings. The summed E-state index contributed by atoms with van der Waals surface area (Å²) in [5.74, 6) is -2.06. The van der Waals surface area contributed by atoms with E-state index in [1.807, 2.05) is 24.3 Å². The lowest BCUT2D eigenvalue weighted by molar-refractivity contribution is -0.169. The Balaban J connectivity index is 0.000000242. The molecule has 1 N–H and O–H groups in total. The second-order valence-corrected chi connectivity index (χ2v) is 4.71. The van der Waals surface area contributed by atoms with Crippen molar-refractivity contribution >= 4 is 29.5 Å². The first-order valence-corrected chi connectivity index (χ1v) is 7.21. The van der Waals surface area contributed by atoms with Crippen molar-refractivity contribution in [2.75, 3.05) is 11.9 Å². The number of Topliss-reactive ketones (excluding diaryl/α,β-unsaturated/α-hetero) is 1. The number of carbonyl (C=O) groups excluding carboxylic acids is 4. The van der Waals surface area contributed by atoms with Crippen LogP contribution in [0.25, 0.3) is 0 Å². The molecule has 1 heterocycles. The summed E-state index contributed by atoms with van der Waals surface area (Å²) >= 11 is 0. The second kappa shape index (κ2) is 9.29. The third kappa shape index (κ3) is 6.07. The predicted octanol–water partition coefficient (Wildman–Crippen LogP) is 1.82. The summed E-state index contributed by atoms with van der Waals surface area (Å²) < 4.78 is 13.7. The molecule has 1 aromatic carbocycles. The molecule has 1 aliphatic heterocycles. The van der Waals surface area contributed by atoms with E-state index < -0.39 is 23.8 Å². The molecule has 0 aromatic heterocycles. The number of hydrogen-bond donors (Lipinski definition) is 1. The van der Waals surface area contributed by atoms with Crippen LogP contribution in [0.2, 0.25) is 0 Å². The summed E-state index contributed by atoms with van der Waals surface area (Å²) in [7, 11) is 0. The van der Waals surface area contributed by atoms with Crippen LogP contribution in [0.15, 0.2) is 24.3 Å². The first kappa shape index (κ1) is 19.1. The van der Waals surface area contributed by atoms with E-state index >= 15 is 0 Å². The summed E-state index contributed by atoms with van der Waals surface area (Å²) in [5, 5.41) is 2.60. The Hall–Kier alpha value is -2.90. The van der Waals surface area contributed by atoms with Crippen LogP contribution in [-0.4, -0.2) is 36.5 Å². The van der Waals surface area contributed by atoms with Gasteiger partial charge in [-0.1, -0.05) is 18.2 Å². The Kier molecular flexibility index (Phi) is 7.41. The van der Waals surface area contributed by atoms with E-state index in [1.165, 1.54) is 0 Å². The molecular weight excluding hydrogens is 318 g/mol. The molecule has 0 aliphatic carbocycles. The minimum absolute atomic E-state index is 0.143. The molecule has 0 spiro atoms. The summed E-state index contributed by atoms with van der Waals surface area (Å²) in [6, 6.07) is 7.58. The number of ketones is 1. The number of hydrogen-bond acceptors (Lipinski definition) is 7. The van der Waals surface area contributed by atoms with Gasteiger partial charge in [0.05, 0.1) is 12.3 Å². The largest absolute Gasteiger partial charge is 0.463 e. The topological polar surface area (TPSA) is 108 Å². The Morgan fingerprint density at radius 1 is 1.25 bits per heavy atom. The minimum atomic E-state index is -1.42. The maximum absolute atomic E-state index is 11.0. The SMILES string of the molecule is CCOC(=O)C(OC(C)=O)C(C)=O.O=C1Nc2ccccc2CO1. The zero-order valence-electron chi connectivity index (χ0n) is 13.7. The molecule has 0 radical (unpaired) electrons. The minimum Gasteiger partial charge on any atom is -0.463 e. The van der Waals surface area contributed by atoms with Crippen LogP contribution in [-0.2, 0) is 35.2 Å². The maximum Gasteiger partial charge on any atom is 0.411 e. The van der Waals surface area contributed by atoms with Gasteiger partial charge in [-0.3, -0.25) is 14.9 Å². The molecule has 0 bridgehead atoms. The molecule has 0 saturated carbocycles. The highest BCUT2D eigenvalue weighted by Gasteiger charge is 2.27. The zero-order valence-corrected chi connectivity index (χ0v) is 13.7. The molecular formula is C16H19NO7. The van der Waals surface area contributed by atoms with E-state index in [9.17, 15) is 19.2 Å². The van der Waals surface area contributed by atoms with Gasteiger partial charge in [-0.2, -0.15) is 0 Å². The van der Waals surface area contributed by atoms with Gasteiger partial charge in [0.2, 0.25) is 0 Å². The molecule has 8 nitrogen and oxygen atoms in total. The third-order valence-corrected chi connectivity index (χ3v) is 2.77. The number of anilines is 1. The normalized spacial score (nSPS) is 13.0. The van der Waals surface area contributed by atoms with Crippen LogP contribution < -0.4 is 5.32 Å². The van der Waals surface area contributed by atoms with Crippen LogP contribution in [0.1, 0.15) is 26.3 Å². The fraction of sp³-hybridized carbons (Fsp3) is 0.375. The van der Waals surface area contributed by atoms with E-state index in [1.54, 1.807) is 6.92 Å². The highest BCUT2D eigenvalue weighted by molar-refractivity contribution is 6.02. The van der Waals surface area contributed by atoms with Gasteiger partial charge in [-0.05, 0) is 19.9 Å². The van der Waals surface area contributed by atoms with Crippen LogP contribution in [0.4, 0.5) is 10.5 Å².